The van der Waals surface area contributed by atoms with E-state index in [1.165, 1.54) is 6.07 Å². The Balaban J connectivity index is 2.11. The summed E-state index contributed by atoms with van der Waals surface area (Å²) in [6.07, 6.45) is -1.52. The van der Waals surface area contributed by atoms with Crippen LogP contribution in [0.3, 0.4) is 0 Å². The normalized spacial score (nSPS) is 19.7. The monoisotopic (exact) mass is 255 g/mol. The van der Waals surface area contributed by atoms with Crippen LogP contribution in [0.4, 0.5) is 20.2 Å². The molecule has 0 bridgehead atoms. The quantitative estimate of drug-likeness (QED) is 0.723. The van der Waals surface area contributed by atoms with E-state index in [0.29, 0.717) is 30.8 Å². The molecule has 6 heteroatoms. The van der Waals surface area contributed by atoms with Gasteiger partial charge in [0.15, 0.2) is 0 Å². The summed E-state index contributed by atoms with van der Waals surface area (Å²) in [6.45, 7) is 0.450. The Morgan fingerprint density at radius 1 is 1.44 bits per heavy atom. The van der Waals surface area contributed by atoms with Crippen molar-refractivity contribution in [3.63, 3.8) is 0 Å². The molecule has 1 amide bonds. The second-order valence-corrected chi connectivity index (χ2v) is 4.33. The van der Waals surface area contributed by atoms with Crippen LogP contribution >= 0.6 is 0 Å². The molecule has 4 N–H and O–H groups in total. The van der Waals surface area contributed by atoms with Crippen LogP contribution in [0.5, 0.6) is 0 Å². The number of rotatable bonds is 3. The molecule has 1 aliphatic heterocycles. The zero-order valence-electron chi connectivity index (χ0n) is 9.75. The molecule has 18 heavy (non-hydrogen) atoms. The van der Waals surface area contributed by atoms with Crippen LogP contribution in [-0.2, 0) is 4.79 Å². The van der Waals surface area contributed by atoms with Gasteiger partial charge in [-0.2, -0.15) is 0 Å². The highest BCUT2D eigenvalue weighted by Gasteiger charge is 2.20. The van der Waals surface area contributed by atoms with Gasteiger partial charge in [0.1, 0.15) is 0 Å². The minimum Gasteiger partial charge on any atom is -0.399 e. The first-order valence-corrected chi connectivity index (χ1v) is 5.77. The molecule has 1 atom stereocenters. The van der Waals surface area contributed by atoms with E-state index < -0.39 is 6.43 Å². The summed E-state index contributed by atoms with van der Waals surface area (Å²) in [4.78, 5) is 11.0. The van der Waals surface area contributed by atoms with E-state index in [1.807, 2.05) is 0 Å². The lowest BCUT2D eigenvalue weighted by Crippen LogP contribution is -2.42. The maximum absolute atomic E-state index is 12.9. The molecule has 0 radical (unpaired) electrons. The SMILES string of the molecule is Nc1ccc(NC2CCC(=O)NC2)c(C(F)F)c1. The van der Waals surface area contributed by atoms with Gasteiger partial charge in [0.2, 0.25) is 5.91 Å². The van der Waals surface area contributed by atoms with E-state index in [-0.39, 0.29) is 17.5 Å². The van der Waals surface area contributed by atoms with E-state index in [9.17, 15) is 13.6 Å². The van der Waals surface area contributed by atoms with Crippen molar-refractivity contribution in [2.75, 3.05) is 17.6 Å². The molecule has 0 spiro atoms. The molecule has 1 aromatic carbocycles. The maximum atomic E-state index is 12.9. The molecule has 4 nitrogen and oxygen atoms in total. The number of alkyl halides is 2. The van der Waals surface area contributed by atoms with Crippen molar-refractivity contribution in [1.82, 2.24) is 5.32 Å². The van der Waals surface area contributed by atoms with Crippen LogP contribution in [0, 0.1) is 0 Å². The molecule has 2 rings (SSSR count). The Morgan fingerprint density at radius 2 is 2.22 bits per heavy atom. The average molecular weight is 255 g/mol. The summed E-state index contributed by atoms with van der Waals surface area (Å²) in [7, 11) is 0. The van der Waals surface area contributed by atoms with Gasteiger partial charge in [-0.05, 0) is 24.6 Å². The van der Waals surface area contributed by atoms with Crippen molar-refractivity contribution in [1.29, 1.82) is 0 Å². The molecule has 1 aromatic rings. The molecule has 98 valence electrons. The maximum Gasteiger partial charge on any atom is 0.265 e. The van der Waals surface area contributed by atoms with Crippen LogP contribution in [0.2, 0.25) is 0 Å². The minimum atomic E-state index is -2.57. The predicted octanol–water partition coefficient (Wildman–Crippen LogP) is 1.90. The number of hydrogen-bond donors (Lipinski definition) is 3. The molecule has 0 aromatic heterocycles. The second-order valence-electron chi connectivity index (χ2n) is 4.33. The number of nitrogens with one attached hydrogen (secondary N) is 2. The summed E-state index contributed by atoms with van der Waals surface area (Å²) in [5.41, 5.74) is 6.08. The molecular formula is C12H15F2N3O. The highest BCUT2D eigenvalue weighted by atomic mass is 19.3. The van der Waals surface area contributed by atoms with Gasteiger partial charge in [0.05, 0.1) is 0 Å². The fourth-order valence-corrected chi connectivity index (χ4v) is 1.97. The summed E-state index contributed by atoms with van der Waals surface area (Å²) in [6, 6.07) is 4.38. The Labute approximate surface area is 104 Å². The Morgan fingerprint density at radius 3 is 2.83 bits per heavy atom. The first-order chi connectivity index (χ1) is 8.56. The van der Waals surface area contributed by atoms with Crippen molar-refractivity contribution in [2.24, 2.45) is 0 Å². The summed E-state index contributed by atoms with van der Waals surface area (Å²) >= 11 is 0. The molecule has 0 saturated carbocycles. The third-order valence-electron chi connectivity index (χ3n) is 2.94. The number of carbonyl (C=O) groups is 1. The van der Waals surface area contributed by atoms with Gasteiger partial charge in [0, 0.05) is 35.9 Å². The predicted molar refractivity (Wildman–Crippen MR) is 65.5 cm³/mol. The standard InChI is InChI=1S/C12H15F2N3O/c13-12(14)9-5-7(15)1-3-10(9)17-8-2-4-11(18)16-6-8/h1,3,5,8,12,17H,2,4,6,15H2,(H,16,18). The van der Waals surface area contributed by atoms with Gasteiger partial charge < -0.3 is 16.4 Å². The zero-order valence-corrected chi connectivity index (χ0v) is 9.75. The van der Waals surface area contributed by atoms with Gasteiger partial charge in [-0.1, -0.05) is 0 Å². The van der Waals surface area contributed by atoms with E-state index in [4.69, 9.17) is 5.73 Å². The first kappa shape index (κ1) is 12.6. The van der Waals surface area contributed by atoms with Gasteiger partial charge in [-0.25, -0.2) is 8.78 Å². The number of benzene rings is 1. The number of piperidine rings is 1. The number of amides is 1. The average Bonchev–Trinajstić information content (AvgIpc) is 2.34. The fraction of sp³-hybridized carbons (Fsp3) is 0.417. The Hall–Kier alpha value is -1.85. The summed E-state index contributed by atoms with van der Waals surface area (Å²) in [5.74, 6) is -0.000519. The number of nitrogen functional groups attached to an aromatic ring is 1. The van der Waals surface area contributed by atoms with Crippen LogP contribution in [0.25, 0.3) is 0 Å². The molecule has 1 fully saturated rings. The largest absolute Gasteiger partial charge is 0.399 e. The van der Waals surface area contributed by atoms with E-state index in [1.54, 1.807) is 12.1 Å². The van der Waals surface area contributed by atoms with Gasteiger partial charge in [-0.3, -0.25) is 4.79 Å². The molecule has 1 aliphatic rings. The van der Waals surface area contributed by atoms with E-state index >= 15 is 0 Å². The number of halogens is 2. The lowest BCUT2D eigenvalue weighted by atomic mass is 10.1. The van der Waals surface area contributed by atoms with Crippen molar-refractivity contribution in [3.05, 3.63) is 23.8 Å². The molecule has 1 saturated heterocycles. The van der Waals surface area contributed by atoms with Crippen LogP contribution < -0.4 is 16.4 Å². The van der Waals surface area contributed by atoms with E-state index in [0.717, 1.165) is 0 Å². The van der Waals surface area contributed by atoms with Crippen molar-refractivity contribution in [3.8, 4) is 0 Å². The number of nitrogens with two attached hydrogens (primary N) is 1. The smallest absolute Gasteiger partial charge is 0.265 e. The molecule has 1 unspecified atom stereocenters. The third kappa shape index (κ3) is 2.88. The number of hydrogen-bond acceptors (Lipinski definition) is 3. The molecule has 1 heterocycles. The fourth-order valence-electron chi connectivity index (χ4n) is 1.97. The highest BCUT2D eigenvalue weighted by Crippen LogP contribution is 2.29. The second kappa shape index (κ2) is 5.20. The van der Waals surface area contributed by atoms with Crippen molar-refractivity contribution < 1.29 is 13.6 Å². The minimum absolute atomic E-state index is 0.000519. The third-order valence-corrected chi connectivity index (χ3v) is 2.94. The topological polar surface area (TPSA) is 67.1 Å². The van der Waals surface area contributed by atoms with Gasteiger partial charge >= 0.3 is 0 Å². The van der Waals surface area contributed by atoms with Gasteiger partial charge in [-0.15, -0.1) is 0 Å². The lowest BCUT2D eigenvalue weighted by Gasteiger charge is -2.25. The zero-order chi connectivity index (χ0) is 13.1. The Bertz CT molecular complexity index is 441. The molecular weight excluding hydrogens is 240 g/mol. The number of anilines is 2. The summed E-state index contributed by atoms with van der Waals surface area (Å²) in [5, 5.41) is 5.73. The Kier molecular flexibility index (Phi) is 3.64. The van der Waals surface area contributed by atoms with Crippen LogP contribution in [0.1, 0.15) is 24.8 Å². The van der Waals surface area contributed by atoms with Crippen molar-refractivity contribution in [2.45, 2.75) is 25.3 Å². The highest BCUT2D eigenvalue weighted by molar-refractivity contribution is 5.77. The first-order valence-electron chi connectivity index (χ1n) is 5.77. The molecule has 0 aliphatic carbocycles. The number of carbonyl (C=O) groups excluding carboxylic acids is 1. The van der Waals surface area contributed by atoms with E-state index in [2.05, 4.69) is 10.6 Å². The lowest BCUT2D eigenvalue weighted by molar-refractivity contribution is -0.122. The van der Waals surface area contributed by atoms with Crippen molar-refractivity contribution >= 4 is 17.3 Å². The van der Waals surface area contributed by atoms with Crippen LogP contribution in [-0.4, -0.2) is 18.5 Å². The van der Waals surface area contributed by atoms with Gasteiger partial charge in [0.25, 0.3) is 6.43 Å². The summed E-state index contributed by atoms with van der Waals surface area (Å²) < 4.78 is 25.7. The van der Waals surface area contributed by atoms with Crippen LogP contribution in [0.15, 0.2) is 18.2 Å².